The summed E-state index contributed by atoms with van der Waals surface area (Å²) in [6.45, 7) is 6.17. The van der Waals surface area contributed by atoms with Crippen LogP contribution in [0, 0.1) is 0 Å². The summed E-state index contributed by atoms with van der Waals surface area (Å²) < 4.78 is 46.3. The van der Waals surface area contributed by atoms with Crippen molar-refractivity contribution in [3.8, 4) is 5.75 Å². The number of alkyl halides is 3. The van der Waals surface area contributed by atoms with Crippen molar-refractivity contribution in [3.05, 3.63) is 29.3 Å². The van der Waals surface area contributed by atoms with Crippen LogP contribution in [-0.2, 0) is 11.3 Å². The molecule has 114 valence electrons. The number of hydrogen-bond acceptors (Lipinski definition) is 3. The van der Waals surface area contributed by atoms with E-state index in [1.807, 2.05) is 19.9 Å². The Balaban J connectivity index is 2.93. The quantitative estimate of drug-likeness (QED) is 0.871. The van der Waals surface area contributed by atoms with Crippen LogP contribution >= 0.6 is 0 Å². The van der Waals surface area contributed by atoms with Crippen LogP contribution in [0.3, 0.4) is 0 Å². The third-order valence-corrected chi connectivity index (χ3v) is 2.76. The van der Waals surface area contributed by atoms with E-state index in [0.717, 1.165) is 5.56 Å². The van der Waals surface area contributed by atoms with E-state index in [1.165, 1.54) is 12.1 Å². The molecule has 2 N–H and O–H groups in total. The fourth-order valence-corrected chi connectivity index (χ4v) is 1.60. The lowest BCUT2D eigenvalue weighted by Crippen LogP contribution is -2.20. The van der Waals surface area contributed by atoms with Gasteiger partial charge in [0.05, 0.1) is 12.7 Å². The largest absolute Gasteiger partial charge is 0.573 e. The van der Waals surface area contributed by atoms with Gasteiger partial charge in [-0.2, -0.15) is 0 Å². The Morgan fingerprint density at radius 3 is 2.30 bits per heavy atom. The van der Waals surface area contributed by atoms with Crippen LogP contribution in [-0.4, -0.2) is 19.0 Å². The van der Waals surface area contributed by atoms with E-state index in [-0.39, 0.29) is 24.4 Å². The van der Waals surface area contributed by atoms with Gasteiger partial charge < -0.3 is 15.2 Å². The Hall–Kier alpha value is -1.27. The van der Waals surface area contributed by atoms with Crippen molar-refractivity contribution in [2.24, 2.45) is 5.73 Å². The first kappa shape index (κ1) is 16.8. The van der Waals surface area contributed by atoms with Gasteiger partial charge in [0.2, 0.25) is 0 Å². The molecule has 0 heterocycles. The highest BCUT2D eigenvalue weighted by Crippen LogP contribution is 2.28. The summed E-state index contributed by atoms with van der Waals surface area (Å²) in [5.74, 6) is -0.125. The average Bonchev–Trinajstić information content (AvgIpc) is 2.33. The first-order valence-electron chi connectivity index (χ1n) is 6.42. The normalized spacial score (nSPS) is 13.6. The van der Waals surface area contributed by atoms with Crippen LogP contribution in [0.2, 0.25) is 0 Å². The zero-order valence-corrected chi connectivity index (χ0v) is 11.8. The second kappa shape index (κ2) is 6.95. The van der Waals surface area contributed by atoms with Crippen molar-refractivity contribution < 1.29 is 22.6 Å². The van der Waals surface area contributed by atoms with Crippen molar-refractivity contribution in [2.45, 2.75) is 45.8 Å². The summed E-state index contributed by atoms with van der Waals surface area (Å²) in [5.41, 5.74) is 6.83. The monoisotopic (exact) mass is 291 g/mol. The van der Waals surface area contributed by atoms with Crippen molar-refractivity contribution in [1.29, 1.82) is 0 Å². The van der Waals surface area contributed by atoms with Gasteiger partial charge in [-0.25, -0.2) is 0 Å². The number of halogens is 3. The molecule has 1 rings (SSSR count). The van der Waals surface area contributed by atoms with E-state index in [9.17, 15) is 13.2 Å². The van der Waals surface area contributed by atoms with Crippen molar-refractivity contribution >= 4 is 0 Å². The maximum absolute atomic E-state index is 12.3. The van der Waals surface area contributed by atoms with E-state index in [4.69, 9.17) is 10.5 Å². The molecule has 0 bridgehead atoms. The number of nitrogens with two attached hydrogens (primary N) is 1. The zero-order chi connectivity index (χ0) is 15.3. The van der Waals surface area contributed by atoms with E-state index in [0.29, 0.717) is 12.1 Å². The van der Waals surface area contributed by atoms with Crippen LogP contribution in [0.5, 0.6) is 5.75 Å². The van der Waals surface area contributed by atoms with Crippen LogP contribution in [0.1, 0.15) is 37.8 Å². The van der Waals surface area contributed by atoms with Crippen molar-refractivity contribution in [1.82, 2.24) is 0 Å². The van der Waals surface area contributed by atoms with E-state index in [1.54, 1.807) is 6.92 Å². The molecular weight excluding hydrogens is 271 g/mol. The Kier molecular flexibility index (Phi) is 5.83. The van der Waals surface area contributed by atoms with Crippen molar-refractivity contribution in [3.63, 3.8) is 0 Å². The van der Waals surface area contributed by atoms with Crippen molar-refractivity contribution in [2.75, 3.05) is 6.54 Å². The Labute approximate surface area is 116 Å². The maximum atomic E-state index is 12.3. The van der Waals surface area contributed by atoms with Gasteiger partial charge in [0.25, 0.3) is 0 Å². The molecular formula is C14H20F3NO2. The SMILES string of the molecule is CC(C)c1cc(CO[C@@H](C)CN)cc(OC(F)(F)F)c1. The van der Waals surface area contributed by atoms with Gasteiger partial charge in [-0.05, 0) is 36.1 Å². The second-order valence-electron chi connectivity index (χ2n) is 4.97. The average molecular weight is 291 g/mol. The molecule has 3 nitrogen and oxygen atoms in total. The van der Waals surface area contributed by atoms with Crippen LogP contribution < -0.4 is 10.5 Å². The van der Waals surface area contributed by atoms with E-state index >= 15 is 0 Å². The van der Waals surface area contributed by atoms with Gasteiger partial charge in [-0.1, -0.05) is 19.9 Å². The minimum absolute atomic E-state index is 0.0949. The molecule has 1 aromatic carbocycles. The van der Waals surface area contributed by atoms with Crippen LogP contribution in [0.25, 0.3) is 0 Å². The molecule has 0 aliphatic rings. The molecule has 0 aliphatic heterocycles. The Bertz CT molecular complexity index is 433. The fourth-order valence-electron chi connectivity index (χ4n) is 1.60. The zero-order valence-electron chi connectivity index (χ0n) is 11.8. The lowest BCUT2D eigenvalue weighted by Gasteiger charge is -2.16. The highest BCUT2D eigenvalue weighted by molar-refractivity contribution is 5.36. The highest BCUT2D eigenvalue weighted by Gasteiger charge is 2.31. The van der Waals surface area contributed by atoms with Crippen LogP contribution in [0.4, 0.5) is 13.2 Å². The van der Waals surface area contributed by atoms with Crippen LogP contribution in [0.15, 0.2) is 18.2 Å². The van der Waals surface area contributed by atoms with Gasteiger partial charge in [-0.15, -0.1) is 13.2 Å². The van der Waals surface area contributed by atoms with E-state index < -0.39 is 6.36 Å². The summed E-state index contributed by atoms with van der Waals surface area (Å²) in [7, 11) is 0. The second-order valence-corrected chi connectivity index (χ2v) is 4.97. The van der Waals surface area contributed by atoms with E-state index in [2.05, 4.69) is 4.74 Å². The third kappa shape index (κ3) is 5.79. The van der Waals surface area contributed by atoms with Gasteiger partial charge in [0, 0.05) is 6.54 Å². The number of ether oxygens (including phenoxy) is 2. The number of rotatable bonds is 6. The molecule has 20 heavy (non-hydrogen) atoms. The predicted octanol–water partition coefficient (Wildman–Crippen LogP) is 3.57. The molecule has 0 radical (unpaired) electrons. The minimum atomic E-state index is -4.70. The molecule has 6 heteroatoms. The molecule has 0 spiro atoms. The summed E-state index contributed by atoms with van der Waals surface area (Å²) in [6.07, 6.45) is -4.84. The molecule has 0 fully saturated rings. The third-order valence-electron chi connectivity index (χ3n) is 2.76. The molecule has 0 saturated heterocycles. The van der Waals surface area contributed by atoms with Gasteiger partial charge in [0.1, 0.15) is 5.75 Å². The summed E-state index contributed by atoms with van der Waals surface area (Å²) in [4.78, 5) is 0. The highest BCUT2D eigenvalue weighted by atomic mass is 19.4. The molecule has 0 unspecified atom stereocenters. The topological polar surface area (TPSA) is 44.5 Å². The summed E-state index contributed by atoms with van der Waals surface area (Å²) >= 11 is 0. The minimum Gasteiger partial charge on any atom is -0.406 e. The molecule has 1 atom stereocenters. The Morgan fingerprint density at radius 1 is 1.15 bits per heavy atom. The molecule has 1 aromatic rings. The molecule has 0 aromatic heterocycles. The summed E-state index contributed by atoms with van der Waals surface area (Å²) in [5, 5.41) is 0. The Morgan fingerprint density at radius 2 is 1.80 bits per heavy atom. The summed E-state index contributed by atoms with van der Waals surface area (Å²) in [6, 6.07) is 4.55. The number of hydrogen-bond donors (Lipinski definition) is 1. The molecule has 0 aliphatic carbocycles. The first-order valence-corrected chi connectivity index (χ1v) is 6.42. The molecule has 0 amide bonds. The van der Waals surface area contributed by atoms with Gasteiger partial charge in [-0.3, -0.25) is 0 Å². The first-order chi connectivity index (χ1) is 9.21. The van der Waals surface area contributed by atoms with Gasteiger partial charge in [0.15, 0.2) is 0 Å². The lowest BCUT2D eigenvalue weighted by atomic mass is 10.0. The molecule has 0 saturated carbocycles. The smallest absolute Gasteiger partial charge is 0.406 e. The lowest BCUT2D eigenvalue weighted by molar-refractivity contribution is -0.274. The predicted molar refractivity (Wildman–Crippen MR) is 70.5 cm³/mol. The van der Waals surface area contributed by atoms with Gasteiger partial charge >= 0.3 is 6.36 Å². The number of benzene rings is 1. The maximum Gasteiger partial charge on any atom is 0.573 e. The fraction of sp³-hybridized carbons (Fsp3) is 0.571. The standard InChI is InChI=1S/C14H20F3NO2/c1-9(2)12-4-11(8-19-10(3)7-18)5-13(6-12)20-14(15,16)17/h4-6,9-10H,7-8,18H2,1-3H3/t10-/m0/s1.